The Morgan fingerprint density at radius 2 is 2.08 bits per heavy atom. The van der Waals surface area contributed by atoms with Crippen LogP contribution >= 0.6 is 23.7 Å². The molecule has 2 aromatic rings. The molecule has 0 saturated heterocycles. The van der Waals surface area contributed by atoms with Gasteiger partial charge < -0.3 is 20.8 Å². The first-order valence-corrected chi connectivity index (χ1v) is 8.58. The molecule has 0 saturated carbocycles. The van der Waals surface area contributed by atoms with Gasteiger partial charge in [0.25, 0.3) is 0 Å². The minimum absolute atomic E-state index is 0. The first-order chi connectivity index (χ1) is 11.3. The number of carbonyl (C=O) groups is 2. The summed E-state index contributed by atoms with van der Waals surface area (Å²) in [6, 6.07) is 3.01. The number of nitrogens with one attached hydrogen (secondary N) is 2. The summed E-state index contributed by atoms with van der Waals surface area (Å²) in [6.07, 6.45) is 0.620. The summed E-state index contributed by atoms with van der Waals surface area (Å²) in [7, 11) is 0. The Hall–Kier alpha value is -1.90. The smallest absolute Gasteiger partial charge is 0.243 e. The Balaban J connectivity index is 0.00000312. The highest BCUT2D eigenvalue weighted by Crippen LogP contribution is 2.26. The fraction of sp³-hybridized carbons (Fsp3) is 0.438. The van der Waals surface area contributed by atoms with Crippen molar-refractivity contribution in [1.29, 1.82) is 0 Å². The van der Waals surface area contributed by atoms with Crippen molar-refractivity contribution < 1.29 is 14.0 Å². The molecule has 0 aromatic carbocycles. The predicted molar refractivity (Wildman–Crippen MR) is 101 cm³/mol. The molecule has 0 aliphatic heterocycles. The van der Waals surface area contributed by atoms with Gasteiger partial charge >= 0.3 is 0 Å². The Bertz CT molecular complexity index is 714. The Morgan fingerprint density at radius 3 is 2.72 bits per heavy atom. The third-order valence-corrected chi connectivity index (χ3v) is 3.98. The Morgan fingerprint density at radius 1 is 1.36 bits per heavy atom. The van der Waals surface area contributed by atoms with Crippen LogP contribution in [0.2, 0.25) is 0 Å². The highest BCUT2D eigenvalue weighted by atomic mass is 35.5. The minimum Gasteiger partial charge on any atom is -0.458 e. The van der Waals surface area contributed by atoms with Crippen molar-refractivity contribution in [3.63, 3.8) is 0 Å². The van der Waals surface area contributed by atoms with Gasteiger partial charge in [0.1, 0.15) is 11.5 Å². The molecule has 4 N–H and O–H groups in total. The Kier molecular flexibility index (Phi) is 8.08. The molecule has 2 aromatic heterocycles. The van der Waals surface area contributed by atoms with Crippen LogP contribution in [0.4, 0.5) is 5.13 Å². The van der Waals surface area contributed by atoms with Crippen LogP contribution in [0.5, 0.6) is 0 Å². The number of furan rings is 1. The number of nitrogens with two attached hydrogens (primary N) is 1. The third kappa shape index (κ3) is 6.49. The number of halogens is 1. The standard InChI is InChI=1S/C16H22N4O3S.ClH/c1-9(2)6-12(17)15(22)20-16-19-13(8-24-16)14-5-4-11(23-14)7-18-10(3)21;/h4-5,8-9,12H,6-7,17H2,1-3H3,(H,18,21)(H,19,20,22);1H/t12-;/m0./s1. The molecule has 0 fully saturated rings. The molecule has 1 atom stereocenters. The maximum absolute atomic E-state index is 12.0. The second-order valence-electron chi connectivity index (χ2n) is 5.94. The molecule has 2 rings (SSSR count). The second kappa shape index (κ2) is 9.55. The van der Waals surface area contributed by atoms with E-state index in [9.17, 15) is 9.59 Å². The van der Waals surface area contributed by atoms with Gasteiger partial charge in [0.2, 0.25) is 11.8 Å². The number of thiazole rings is 1. The molecular formula is C16H23ClN4O3S. The van der Waals surface area contributed by atoms with Crippen molar-refractivity contribution in [3.8, 4) is 11.5 Å². The van der Waals surface area contributed by atoms with Gasteiger partial charge in [-0.2, -0.15) is 0 Å². The summed E-state index contributed by atoms with van der Waals surface area (Å²) in [5, 5.41) is 7.67. The quantitative estimate of drug-likeness (QED) is 0.677. The highest BCUT2D eigenvalue weighted by molar-refractivity contribution is 7.14. The van der Waals surface area contributed by atoms with Gasteiger partial charge in [-0.1, -0.05) is 13.8 Å². The molecule has 0 bridgehead atoms. The van der Waals surface area contributed by atoms with Gasteiger partial charge in [-0.3, -0.25) is 9.59 Å². The zero-order chi connectivity index (χ0) is 17.7. The number of amides is 2. The summed E-state index contributed by atoms with van der Waals surface area (Å²) >= 11 is 1.31. The van der Waals surface area contributed by atoms with Crippen molar-refractivity contribution >= 4 is 40.7 Å². The van der Waals surface area contributed by atoms with Crippen molar-refractivity contribution in [2.75, 3.05) is 5.32 Å². The van der Waals surface area contributed by atoms with Crippen LogP contribution < -0.4 is 16.4 Å². The van der Waals surface area contributed by atoms with Crippen LogP contribution in [0.15, 0.2) is 21.9 Å². The van der Waals surface area contributed by atoms with Crippen LogP contribution in [0, 0.1) is 5.92 Å². The van der Waals surface area contributed by atoms with E-state index in [-0.39, 0.29) is 24.2 Å². The number of hydrogen-bond donors (Lipinski definition) is 3. The third-order valence-electron chi connectivity index (χ3n) is 3.22. The maximum Gasteiger partial charge on any atom is 0.243 e. The SMILES string of the molecule is CC(=O)NCc1ccc(-c2csc(NC(=O)[C@@H](N)CC(C)C)n2)o1.Cl. The van der Waals surface area contributed by atoms with Gasteiger partial charge in [0.15, 0.2) is 10.9 Å². The van der Waals surface area contributed by atoms with E-state index in [1.807, 2.05) is 13.8 Å². The molecule has 9 heteroatoms. The maximum atomic E-state index is 12.0. The summed E-state index contributed by atoms with van der Waals surface area (Å²) < 4.78 is 5.63. The molecule has 0 spiro atoms. The molecule has 2 heterocycles. The van der Waals surface area contributed by atoms with E-state index in [0.717, 1.165) is 0 Å². The molecular weight excluding hydrogens is 364 g/mol. The largest absolute Gasteiger partial charge is 0.458 e. The lowest BCUT2D eigenvalue weighted by atomic mass is 10.0. The van der Waals surface area contributed by atoms with E-state index < -0.39 is 6.04 Å². The van der Waals surface area contributed by atoms with Crippen molar-refractivity contribution in [3.05, 3.63) is 23.3 Å². The van der Waals surface area contributed by atoms with E-state index in [1.54, 1.807) is 17.5 Å². The fourth-order valence-corrected chi connectivity index (χ4v) is 2.78. The van der Waals surface area contributed by atoms with Gasteiger partial charge in [0, 0.05) is 12.3 Å². The molecule has 25 heavy (non-hydrogen) atoms. The average Bonchev–Trinajstić information content (AvgIpc) is 3.13. The van der Waals surface area contributed by atoms with Gasteiger partial charge in [-0.05, 0) is 24.5 Å². The van der Waals surface area contributed by atoms with E-state index >= 15 is 0 Å². The van der Waals surface area contributed by atoms with Crippen LogP contribution in [0.1, 0.15) is 33.0 Å². The highest BCUT2D eigenvalue weighted by Gasteiger charge is 2.17. The first kappa shape index (κ1) is 21.1. The zero-order valence-corrected chi connectivity index (χ0v) is 16.0. The number of hydrogen-bond acceptors (Lipinski definition) is 6. The lowest BCUT2D eigenvalue weighted by Gasteiger charge is -2.12. The predicted octanol–water partition coefficient (Wildman–Crippen LogP) is 2.77. The average molecular weight is 387 g/mol. The topological polar surface area (TPSA) is 110 Å². The fourth-order valence-electron chi connectivity index (χ4n) is 2.08. The molecule has 0 unspecified atom stereocenters. The lowest BCUT2D eigenvalue weighted by molar-refractivity contribution is -0.119. The molecule has 0 aliphatic carbocycles. The molecule has 138 valence electrons. The second-order valence-corrected chi connectivity index (χ2v) is 6.80. The van der Waals surface area contributed by atoms with Crippen LogP contribution in [-0.2, 0) is 16.1 Å². The number of carbonyl (C=O) groups excluding carboxylic acids is 2. The van der Waals surface area contributed by atoms with Crippen molar-refractivity contribution in [2.45, 2.75) is 39.8 Å². The zero-order valence-electron chi connectivity index (χ0n) is 14.4. The van der Waals surface area contributed by atoms with Gasteiger partial charge in [-0.15, -0.1) is 23.7 Å². The number of anilines is 1. The van der Waals surface area contributed by atoms with E-state index in [4.69, 9.17) is 10.2 Å². The van der Waals surface area contributed by atoms with Crippen molar-refractivity contribution in [2.24, 2.45) is 11.7 Å². The monoisotopic (exact) mass is 386 g/mol. The van der Waals surface area contributed by atoms with E-state index in [1.165, 1.54) is 18.3 Å². The minimum atomic E-state index is -0.551. The summed E-state index contributed by atoms with van der Waals surface area (Å²) in [5.41, 5.74) is 6.48. The van der Waals surface area contributed by atoms with Crippen LogP contribution in [0.25, 0.3) is 11.5 Å². The normalized spacial score (nSPS) is 11.7. The Labute approximate surface area is 156 Å². The molecule has 0 aliphatic rings. The summed E-state index contributed by atoms with van der Waals surface area (Å²) in [6.45, 7) is 5.81. The molecule has 2 amide bonds. The van der Waals surface area contributed by atoms with Crippen LogP contribution in [-0.4, -0.2) is 22.8 Å². The first-order valence-electron chi connectivity index (χ1n) is 7.70. The lowest BCUT2D eigenvalue weighted by Crippen LogP contribution is -2.36. The van der Waals surface area contributed by atoms with Crippen molar-refractivity contribution in [1.82, 2.24) is 10.3 Å². The van der Waals surface area contributed by atoms with E-state index in [2.05, 4.69) is 15.6 Å². The molecule has 0 radical (unpaired) electrons. The van der Waals surface area contributed by atoms with Gasteiger partial charge in [-0.25, -0.2) is 4.98 Å². The summed E-state index contributed by atoms with van der Waals surface area (Å²) in [4.78, 5) is 27.3. The summed E-state index contributed by atoms with van der Waals surface area (Å²) in [5.74, 6) is 1.21. The van der Waals surface area contributed by atoms with Crippen LogP contribution in [0.3, 0.4) is 0 Å². The number of aromatic nitrogens is 1. The van der Waals surface area contributed by atoms with E-state index in [0.29, 0.717) is 41.2 Å². The van der Waals surface area contributed by atoms with Gasteiger partial charge in [0.05, 0.1) is 12.6 Å². The molecule has 7 nitrogen and oxygen atoms in total. The number of nitrogens with zero attached hydrogens (tertiary/aromatic N) is 1. The number of rotatable bonds is 7.